The van der Waals surface area contributed by atoms with Gasteiger partial charge in [-0.15, -0.1) is 0 Å². The Morgan fingerprint density at radius 2 is 1.50 bits per heavy atom. The maximum Gasteiger partial charge on any atom is 0.134 e. The molecule has 0 bridgehead atoms. The van der Waals surface area contributed by atoms with Gasteiger partial charge in [0.15, 0.2) is 0 Å². The zero-order valence-electron chi connectivity index (χ0n) is 11.3. The van der Waals surface area contributed by atoms with E-state index in [0.29, 0.717) is 0 Å². The van der Waals surface area contributed by atoms with Crippen molar-refractivity contribution in [1.29, 1.82) is 0 Å². The molecule has 4 rings (SSSR count). The summed E-state index contributed by atoms with van der Waals surface area (Å²) in [6.45, 7) is 0. The molecular weight excluding hydrogens is 256 g/mol. The predicted octanol–water partition coefficient (Wildman–Crippen LogP) is 2.85. The second kappa shape index (κ2) is 4.77. The molecule has 2 aromatic carbocycles. The van der Waals surface area contributed by atoms with Crippen LogP contribution in [0.5, 0.6) is 0 Å². The van der Waals surface area contributed by atoms with E-state index in [1.165, 1.54) is 16.3 Å². The van der Waals surface area contributed by atoms with Gasteiger partial charge in [-0.1, -0.05) is 84.1 Å². The molecule has 2 aliphatic rings. The highest BCUT2D eigenvalue weighted by atomic mass is 28.3. The van der Waals surface area contributed by atoms with E-state index < -0.39 is 8.80 Å². The minimum Gasteiger partial charge on any atom is -0.0808 e. The molecule has 0 radical (unpaired) electrons. The minimum absolute atomic E-state index is 1.05. The predicted molar refractivity (Wildman–Crippen MR) is 89.1 cm³/mol. The van der Waals surface area contributed by atoms with E-state index in [-0.39, 0.29) is 0 Å². The molecule has 1 unspecified atom stereocenters. The van der Waals surface area contributed by atoms with Crippen molar-refractivity contribution in [2.45, 2.75) is 6.42 Å². The second-order valence-electron chi connectivity index (χ2n) is 5.34. The molecule has 1 heterocycles. The highest BCUT2D eigenvalue weighted by molar-refractivity contribution is 6.94. The lowest BCUT2D eigenvalue weighted by atomic mass is 10.1. The van der Waals surface area contributed by atoms with Gasteiger partial charge < -0.3 is 0 Å². The van der Waals surface area contributed by atoms with Crippen molar-refractivity contribution in [2.75, 3.05) is 0 Å². The summed E-state index contributed by atoms with van der Waals surface area (Å²) in [5.74, 6) is 0. The maximum atomic E-state index is 2.37. The number of allylic oxidation sites excluding steroid dienone is 6. The Labute approximate surface area is 121 Å². The van der Waals surface area contributed by atoms with Gasteiger partial charge in [0.25, 0.3) is 0 Å². The average molecular weight is 272 g/mol. The Balaban J connectivity index is 1.98. The summed E-state index contributed by atoms with van der Waals surface area (Å²) in [5.41, 5.74) is 2.90. The fraction of sp³-hybridized carbons (Fsp3) is 0.0526. The van der Waals surface area contributed by atoms with E-state index in [0.717, 1.165) is 6.42 Å². The number of rotatable bonds is 1. The number of hydrogen-bond acceptors (Lipinski definition) is 0. The molecule has 0 amide bonds. The molecule has 96 valence electrons. The third kappa shape index (κ3) is 1.74. The quantitative estimate of drug-likeness (QED) is 0.700. The van der Waals surface area contributed by atoms with Gasteiger partial charge in [-0.3, -0.25) is 0 Å². The summed E-state index contributed by atoms with van der Waals surface area (Å²) >= 11 is 0. The molecule has 1 atom stereocenters. The third-order valence-electron chi connectivity index (χ3n) is 4.17. The fourth-order valence-corrected chi connectivity index (χ4v) is 6.73. The van der Waals surface area contributed by atoms with Crippen LogP contribution in [0, 0.1) is 0 Å². The summed E-state index contributed by atoms with van der Waals surface area (Å²) in [6, 6.07) is 20.0. The molecule has 0 spiro atoms. The molecule has 2 aromatic rings. The van der Waals surface area contributed by atoms with E-state index in [2.05, 4.69) is 78.9 Å². The van der Waals surface area contributed by atoms with Gasteiger partial charge in [-0.05, 0) is 27.9 Å². The van der Waals surface area contributed by atoms with Crippen LogP contribution < -0.4 is 10.4 Å². The molecule has 1 heteroatoms. The first-order valence-electron chi connectivity index (χ1n) is 7.16. The van der Waals surface area contributed by atoms with E-state index in [4.69, 9.17) is 0 Å². The Morgan fingerprint density at radius 1 is 0.750 bits per heavy atom. The third-order valence-corrected chi connectivity index (χ3v) is 7.47. The molecule has 0 saturated carbocycles. The van der Waals surface area contributed by atoms with Crippen LogP contribution in [-0.4, -0.2) is 8.80 Å². The average Bonchev–Trinajstić information content (AvgIpc) is 2.65. The van der Waals surface area contributed by atoms with Gasteiger partial charge in [0, 0.05) is 0 Å². The SMILES string of the molecule is C1=CC2=C(C=CC1)[SiH](c1ccccc1)c1ccccc12. The van der Waals surface area contributed by atoms with Gasteiger partial charge in [-0.2, -0.15) is 0 Å². The zero-order valence-corrected chi connectivity index (χ0v) is 12.4. The Hall–Kier alpha value is -2.12. The molecule has 0 saturated heterocycles. The lowest BCUT2D eigenvalue weighted by Crippen LogP contribution is -2.41. The number of benzene rings is 2. The van der Waals surface area contributed by atoms with Gasteiger partial charge in [0.05, 0.1) is 0 Å². The van der Waals surface area contributed by atoms with Crippen molar-refractivity contribution in [2.24, 2.45) is 0 Å². The number of fused-ring (bicyclic) bond motifs is 2. The summed E-state index contributed by atoms with van der Waals surface area (Å²) in [4.78, 5) is 0. The van der Waals surface area contributed by atoms with Crippen LogP contribution in [0.15, 0.2) is 84.1 Å². The van der Waals surface area contributed by atoms with Gasteiger partial charge in [0.1, 0.15) is 8.80 Å². The summed E-state index contributed by atoms with van der Waals surface area (Å²) in [5, 5.41) is 4.66. The largest absolute Gasteiger partial charge is 0.134 e. The maximum absolute atomic E-state index is 2.37. The Kier molecular flexibility index (Phi) is 2.78. The topological polar surface area (TPSA) is 0 Å². The fourth-order valence-electron chi connectivity index (χ4n) is 3.31. The second-order valence-corrected chi connectivity index (χ2v) is 8.12. The summed E-state index contributed by atoms with van der Waals surface area (Å²) < 4.78 is 0. The van der Waals surface area contributed by atoms with E-state index in [9.17, 15) is 0 Å². The van der Waals surface area contributed by atoms with Crippen molar-refractivity contribution in [3.63, 3.8) is 0 Å². The zero-order chi connectivity index (χ0) is 13.4. The molecule has 0 fully saturated rings. The first-order chi connectivity index (χ1) is 9.95. The van der Waals surface area contributed by atoms with Crippen LogP contribution >= 0.6 is 0 Å². The molecule has 0 nitrogen and oxygen atoms in total. The van der Waals surface area contributed by atoms with Gasteiger partial charge >= 0.3 is 0 Å². The summed E-state index contributed by atoms with van der Waals surface area (Å²) in [6.07, 6.45) is 10.3. The van der Waals surface area contributed by atoms with E-state index >= 15 is 0 Å². The first-order valence-corrected chi connectivity index (χ1v) is 8.90. The normalized spacial score (nSPS) is 19.7. The van der Waals surface area contributed by atoms with E-state index in [1.54, 1.807) is 10.4 Å². The van der Waals surface area contributed by atoms with Crippen molar-refractivity contribution in [3.8, 4) is 0 Å². The molecule has 0 N–H and O–H groups in total. The highest BCUT2D eigenvalue weighted by Crippen LogP contribution is 2.30. The first kappa shape index (κ1) is 11.7. The van der Waals surface area contributed by atoms with Crippen molar-refractivity contribution in [3.05, 3.63) is 89.7 Å². The standard InChI is InChI=1S/C19H16Si/c1-3-9-15(10-4-1)20-18-13-6-2-5-11-16(18)17-12-7-8-14-19(17)20/h1,3-14,20H,2H2. The van der Waals surface area contributed by atoms with Crippen LogP contribution in [-0.2, 0) is 0 Å². The van der Waals surface area contributed by atoms with Crippen molar-refractivity contribution in [1.82, 2.24) is 0 Å². The van der Waals surface area contributed by atoms with Crippen LogP contribution in [0.3, 0.4) is 0 Å². The Bertz CT molecular complexity index is 735. The molecule has 20 heavy (non-hydrogen) atoms. The van der Waals surface area contributed by atoms with Crippen LogP contribution in [0.4, 0.5) is 0 Å². The smallest absolute Gasteiger partial charge is 0.0808 e. The number of hydrogen-bond donors (Lipinski definition) is 0. The van der Waals surface area contributed by atoms with E-state index in [1.807, 2.05) is 0 Å². The van der Waals surface area contributed by atoms with Crippen molar-refractivity contribution >= 4 is 24.7 Å². The van der Waals surface area contributed by atoms with Gasteiger partial charge in [-0.25, -0.2) is 0 Å². The minimum atomic E-state index is -1.26. The van der Waals surface area contributed by atoms with Gasteiger partial charge in [0.2, 0.25) is 0 Å². The lowest BCUT2D eigenvalue weighted by molar-refractivity contribution is 1.40. The van der Waals surface area contributed by atoms with Crippen LogP contribution in [0.1, 0.15) is 12.0 Å². The van der Waals surface area contributed by atoms with Crippen LogP contribution in [0.2, 0.25) is 0 Å². The molecule has 0 aromatic heterocycles. The van der Waals surface area contributed by atoms with Crippen molar-refractivity contribution < 1.29 is 0 Å². The summed E-state index contributed by atoms with van der Waals surface area (Å²) in [7, 11) is -1.26. The lowest BCUT2D eigenvalue weighted by Gasteiger charge is -2.13. The molecular formula is C19H16Si. The van der Waals surface area contributed by atoms with Crippen LogP contribution in [0.25, 0.3) is 5.57 Å². The molecule has 1 aliphatic carbocycles. The Morgan fingerprint density at radius 3 is 2.40 bits per heavy atom. The monoisotopic (exact) mass is 272 g/mol. The highest BCUT2D eigenvalue weighted by Gasteiger charge is 2.31. The molecule has 1 aliphatic heterocycles.